The van der Waals surface area contributed by atoms with Gasteiger partial charge >= 0.3 is 0 Å². The van der Waals surface area contributed by atoms with Crippen molar-refractivity contribution < 1.29 is 4.74 Å². The fraction of sp³-hybridized carbons (Fsp3) is 0.727. The summed E-state index contributed by atoms with van der Waals surface area (Å²) >= 11 is 0. The molecule has 2 aliphatic rings. The second kappa shape index (κ2) is 3.94. The highest BCUT2D eigenvalue weighted by molar-refractivity contribution is 5.19. The number of aryl methyl sites for hydroxylation is 2. The predicted molar refractivity (Wildman–Crippen MR) is 56.7 cm³/mol. The van der Waals surface area contributed by atoms with E-state index in [2.05, 4.69) is 14.9 Å². The first kappa shape index (κ1) is 9.36. The Morgan fingerprint density at radius 2 is 2.13 bits per heavy atom. The molecule has 0 aromatic carbocycles. The van der Waals surface area contributed by atoms with Crippen molar-refractivity contribution in [3.8, 4) is 0 Å². The summed E-state index contributed by atoms with van der Waals surface area (Å²) < 4.78 is 5.33. The lowest BCUT2D eigenvalue weighted by Crippen LogP contribution is -2.35. The molecular weight excluding hydrogens is 190 g/mol. The maximum absolute atomic E-state index is 5.33. The third-order valence-corrected chi connectivity index (χ3v) is 3.23. The molecule has 0 bridgehead atoms. The highest BCUT2D eigenvalue weighted by Crippen LogP contribution is 2.19. The van der Waals surface area contributed by atoms with Crippen LogP contribution >= 0.6 is 0 Å². The van der Waals surface area contributed by atoms with Gasteiger partial charge in [-0.25, -0.2) is 4.98 Å². The number of nitrogens with one attached hydrogen (secondary N) is 1. The van der Waals surface area contributed by atoms with Gasteiger partial charge in [0.05, 0.1) is 25.5 Å². The van der Waals surface area contributed by atoms with E-state index in [9.17, 15) is 0 Å². The summed E-state index contributed by atoms with van der Waals surface area (Å²) in [4.78, 5) is 10.5. The van der Waals surface area contributed by atoms with E-state index in [-0.39, 0.29) is 0 Å². The number of ether oxygens (including phenoxy) is 1. The molecule has 15 heavy (non-hydrogen) atoms. The number of H-pyrrole nitrogens is 1. The number of imidazole rings is 1. The molecule has 1 aromatic rings. The number of rotatable bonds is 2. The molecule has 1 aliphatic heterocycles. The summed E-state index contributed by atoms with van der Waals surface area (Å²) in [7, 11) is 0. The van der Waals surface area contributed by atoms with E-state index in [4.69, 9.17) is 4.74 Å². The fourth-order valence-corrected chi connectivity index (χ4v) is 2.40. The van der Waals surface area contributed by atoms with Gasteiger partial charge in [0.2, 0.25) is 0 Å². The van der Waals surface area contributed by atoms with Crippen molar-refractivity contribution in [3.05, 3.63) is 17.2 Å². The number of nitrogens with zero attached hydrogens (tertiary/aromatic N) is 2. The van der Waals surface area contributed by atoms with Crippen LogP contribution in [0.25, 0.3) is 0 Å². The van der Waals surface area contributed by atoms with Crippen molar-refractivity contribution in [2.24, 2.45) is 0 Å². The van der Waals surface area contributed by atoms with Gasteiger partial charge in [-0.3, -0.25) is 4.90 Å². The minimum absolute atomic E-state index is 0.862. The summed E-state index contributed by atoms with van der Waals surface area (Å²) in [5, 5.41) is 0. The molecule has 4 nitrogen and oxygen atoms in total. The average molecular weight is 207 g/mol. The van der Waals surface area contributed by atoms with Gasteiger partial charge in [-0.05, 0) is 19.3 Å². The number of aromatic nitrogens is 2. The van der Waals surface area contributed by atoms with Gasteiger partial charge in [0.25, 0.3) is 0 Å². The van der Waals surface area contributed by atoms with E-state index < -0.39 is 0 Å². The Balaban J connectivity index is 1.66. The van der Waals surface area contributed by atoms with Crippen molar-refractivity contribution >= 4 is 0 Å². The van der Waals surface area contributed by atoms with Gasteiger partial charge in [0, 0.05) is 18.8 Å². The number of fused-ring (bicyclic) bond motifs is 1. The zero-order valence-electron chi connectivity index (χ0n) is 8.96. The lowest BCUT2D eigenvalue weighted by Gasteiger charge is -2.25. The smallest absolute Gasteiger partial charge is 0.120 e. The Morgan fingerprint density at radius 1 is 1.27 bits per heavy atom. The van der Waals surface area contributed by atoms with Crippen LogP contribution in [0.4, 0.5) is 0 Å². The van der Waals surface area contributed by atoms with E-state index in [1.54, 1.807) is 0 Å². The first-order valence-corrected chi connectivity index (χ1v) is 5.78. The molecule has 1 saturated heterocycles. The Bertz CT molecular complexity index is 320. The summed E-state index contributed by atoms with van der Waals surface area (Å²) in [6.07, 6.45) is 3.62. The Kier molecular flexibility index (Phi) is 2.46. The minimum Gasteiger partial charge on any atom is -0.379 e. The van der Waals surface area contributed by atoms with E-state index in [1.165, 1.54) is 24.2 Å². The molecule has 0 unspecified atom stereocenters. The highest BCUT2D eigenvalue weighted by Gasteiger charge is 2.18. The van der Waals surface area contributed by atoms with E-state index in [1.807, 2.05) is 0 Å². The maximum atomic E-state index is 5.33. The lowest BCUT2D eigenvalue weighted by atomic mass is 10.3. The van der Waals surface area contributed by atoms with Crippen LogP contribution < -0.4 is 0 Å². The predicted octanol–water partition coefficient (Wildman–Crippen LogP) is 0.731. The molecule has 0 spiro atoms. The van der Waals surface area contributed by atoms with Crippen LogP contribution in [0.3, 0.4) is 0 Å². The van der Waals surface area contributed by atoms with Crippen molar-refractivity contribution in [2.75, 3.05) is 26.3 Å². The first-order chi connectivity index (χ1) is 7.42. The standard InChI is InChI=1S/C11H17N3O/c1-2-9-10(3-1)13-11(12-9)8-14-4-6-15-7-5-14/h1-8H2,(H,12,13). The van der Waals surface area contributed by atoms with E-state index in [0.717, 1.165) is 45.1 Å². The van der Waals surface area contributed by atoms with Gasteiger partial charge in [-0.2, -0.15) is 0 Å². The van der Waals surface area contributed by atoms with Crippen molar-refractivity contribution in [3.63, 3.8) is 0 Å². The second-order valence-corrected chi connectivity index (χ2v) is 4.35. The Morgan fingerprint density at radius 3 is 2.93 bits per heavy atom. The number of hydrogen-bond acceptors (Lipinski definition) is 3. The van der Waals surface area contributed by atoms with Crippen LogP contribution in [0.1, 0.15) is 23.6 Å². The molecule has 0 atom stereocenters. The zero-order valence-corrected chi connectivity index (χ0v) is 8.96. The number of aromatic amines is 1. The highest BCUT2D eigenvalue weighted by atomic mass is 16.5. The largest absolute Gasteiger partial charge is 0.379 e. The van der Waals surface area contributed by atoms with Crippen LogP contribution in [0.2, 0.25) is 0 Å². The van der Waals surface area contributed by atoms with Gasteiger partial charge < -0.3 is 9.72 Å². The molecule has 1 aliphatic carbocycles. The van der Waals surface area contributed by atoms with Crippen LogP contribution in [-0.4, -0.2) is 41.2 Å². The van der Waals surface area contributed by atoms with E-state index >= 15 is 0 Å². The molecule has 1 aromatic heterocycles. The van der Waals surface area contributed by atoms with Crippen molar-refractivity contribution in [2.45, 2.75) is 25.8 Å². The molecule has 0 saturated carbocycles. The van der Waals surface area contributed by atoms with Crippen LogP contribution in [0.15, 0.2) is 0 Å². The van der Waals surface area contributed by atoms with Gasteiger partial charge in [-0.15, -0.1) is 0 Å². The zero-order chi connectivity index (χ0) is 10.1. The minimum atomic E-state index is 0.862. The fourth-order valence-electron chi connectivity index (χ4n) is 2.40. The van der Waals surface area contributed by atoms with Gasteiger partial charge in [-0.1, -0.05) is 0 Å². The van der Waals surface area contributed by atoms with Crippen molar-refractivity contribution in [1.29, 1.82) is 0 Å². The SMILES string of the molecule is C1Cc2nc(CN3CCOCC3)[nH]c2C1. The topological polar surface area (TPSA) is 41.2 Å². The van der Waals surface area contributed by atoms with Gasteiger partial charge in [0.15, 0.2) is 0 Å². The molecule has 3 rings (SSSR count). The first-order valence-electron chi connectivity index (χ1n) is 5.78. The molecule has 82 valence electrons. The summed E-state index contributed by atoms with van der Waals surface area (Å²) in [5.74, 6) is 1.14. The van der Waals surface area contributed by atoms with Crippen molar-refractivity contribution in [1.82, 2.24) is 14.9 Å². The molecule has 4 heteroatoms. The molecule has 1 N–H and O–H groups in total. The molecule has 2 heterocycles. The monoisotopic (exact) mass is 207 g/mol. The summed E-state index contributed by atoms with van der Waals surface area (Å²) in [6, 6.07) is 0. The lowest BCUT2D eigenvalue weighted by molar-refractivity contribution is 0.0331. The third-order valence-electron chi connectivity index (χ3n) is 3.23. The number of hydrogen-bond donors (Lipinski definition) is 1. The Hall–Kier alpha value is -0.870. The number of morpholine rings is 1. The molecule has 0 amide bonds. The molecular formula is C11H17N3O. The third kappa shape index (κ3) is 1.92. The quantitative estimate of drug-likeness (QED) is 0.777. The van der Waals surface area contributed by atoms with E-state index in [0.29, 0.717) is 0 Å². The van der Waals surface area contributed by atoms with Crippen LogP contribution in [0, 0.1) is 0 Å². The Labute approximate surface area is 89.6 Å². The second-order valence-electron chi connectivity index (χ2n) is 4.35. The summed E-state index contributed by atoms with van der Waals surface area (Å²) in [6.45, 7) is 4.74. The van der Waals surface area contributed by atoms with Crippen LogP contribution in [-0.2, 0) is 24.1 Å². The molecule has 0 radical (unpaired) electrons. The molecule has 1 fully saturated rings. The maximum Gasteiger partial charge on any atom is 0.120 e. The average Bonchev–Trinajstić information content (AvgIpc) is 2.79. The summed E-state index contributed by atoms with van der Waals surface area (Å²) in [5.41, 5.74) is 2.68. The van der Waals surface area contributed by atoms with Crippen LogP contribution in [0.5, 0.6) is 0 Å². The normalized spacial score (nSPS) is 21.9. The van der Waals surface area contributed by atoms with Gasteiger partial charge in [0.1, 0.15) is 5.82 Å².